The highest BCUT2D eigenvalue weighted by Crippen LogP contribution is 2.19. The molecule has 0 saturated heterocycles. The van der Waals surface area contributed by atoms with Gasteiger partial charge in [-0.1, -0.05) is 22.0 Å². The fraction of sp³-hybridized carbons (Fsp3) is 0.667. The molecular formula is C6H9BrO2. The Balaban J connectivity index is 2.50. The second kappa shape index (κ2) is 3.34. The Morgan fingerprint density at radius 3 is 3.11 bits per heavy atom. The van der Waals surface area contributed by atoms with Crippen LogP contribution < -0.4 is 0 Å². The molecule has 1 aliphatic rings. The van der Waals surface area contributed by atoms with Gasteiger partial charge in [-0.15, -0.1) is 0 Å². The van der Waals surface area contributed by atoms with Gasteiger partial charge in [0, 0.05) is 11.6 Å². The van der Waals surface area contributed by atoms with Gasteiger partial charge in [-0.3, -0.25) is 0 Å². The van der Waals surface area contributed by atoms with E-state index in [0.717, 1.165) is 17.5 Å². The van der Waals surface area contributed by atoms with E-state index in [2.05, 4.69) is 22.0 Å². The van der Waals surface area contributed by atoms with E-state index in [1.165, 1.54) is 0 Å². The average Bonchev–Trinajstić information content (AvgIpc) is 1.89. The van der Waals surface area contributed by atoms with Gasteiger partial charge in [-0.05, 0) is 6.42 Å². The summed E-state index contributed by atoms with van der Waals surface area (Å²) in [5, 5.41) is 0. The molecule has 0 N–H and O–H groups in total. The molecule has 0 amide bonds. The summed E-state index contributed by atoms with van der Waals surface area (Å²) >= 11 is 3.33. The Morgan fingerprint density at radius 1 is 1.89 bits per heavy atom. The van der Waals surface area contributed by atoms with Crippen LogP contribution in [0.3, 0.4) is 0 Å². The molecule has 0 radical (unpaired) electrons. The monoisotopic (exact) mass is 192 g/mol. The third-order valence-electron chi connectivity index (χ3n) is 1.17. The van der Waals surface area contributed by atoms with Crippen molar-refractivity contribution in [2.24, 2.45) is 0 Å². The molecule has 0 fully saturated rings. The Kier molecular flexibility index (Phi) is 2.69. The highest BCUT2D eigenvalue weighted by Gasteiger charge is 2.13. The van der Waals surface area contributed by atoms with E-state index in [9.17, 15) is 0 Å². The summed E-state index contributed by atoms with van der Waals surface area (Å²) in [5.74, 6) is 0. The molecule has 0 saturated carbocycles. The van der Waals surface area contributed by atoms with Crippen LogP contribution in [0.1, 0.15) is 6.42 Å². The van der Waals surface area contributed by atoms with Gasteiger partial charge >= 0.3 is 0 Å². The van der Waals surface area contributed by atoms with E-state index in [-0.39, 0.29) is 6.29 Å². The largest absolute Gasteiger partial charge is 0.351 e. The van der Waals surface area contributed by atoms with Crippen molar-refractivity contribution in [2.45, 2.75) is 12.7 Å². The molecule has 2 nitrogen and oxygen atoms in total. The number of rotatable bonds is 1. The van der Waals surface area contributed by atoms with Crippen LogP contribution in [-0.2, 0) is 9.47 Å². The molecule has 52 valence electrons. The van der Waals surface area contributed by atoms with Crippen LogP contribution in [0.4, 0.5) is 0 Å². The van der Waals surface area contributed by atoms with Crippen molar-refractivity contribution in [3.05, 3.63) is 10.6 Å². The molecule has 3 heteroatoms. The predicted octanol–water partition coefficient (Wildman–Crippen LogP) is 1.66. The number of halogens is 1. The molecule has 0 unspecified atom stereocenters. The van der Waals surface area contributed by atoms with Gasteiger partial charge in [0.2, 0.25) is 0 Å². The normalized spacial score (nSPS) is 27.8. The first-order valence-electron chi connectivity index (χ1n) is 2.84. The summed E-state index contributed by atoms with van der Waals surface area (Å²) in [7, 11) is 1.63. The first-order valence-corrected chi connectivity index (χ1v) is 3.64. The predicted molar refractivity (Wildman–Crippen MR) is 38.4 cm³/mol. The zero-order chi connectivity index (χ0) is 6.69. The van der Waals surface area contributed by atoms with Crippen LogP contribution in [0, 0.1) is 0 Å². The lowest BCUT2D eigenvalue weighted by atomic mass is 10.3. The minimum atomic E-state index is -0.168. The molecule has 0 spiro atoms. The van der Waals surface area contributed by atoms with Gasteiger partial charge in [0.05, 0.1) is 6.61 Å². The Hall–Kier alpha value is 0.140. The van der Waals surface area contributed by atoms with Gasteiger partial charge in [0.25, 0.3) is 0 Å². The number of hydrogen-bond acceptors (Lipinski definition) is 2. The maximum Gasteiger partial charge on any atom is 0.189 e. The SMILES string of the molecule is CO[C@H]1OCCC=C1Br. The smallest absolute Gasteiger partial charge is 0.189 e. The van der Waals surface area contributed by atoms with E-state index in [1.807, 2.05) is 0 Å². The molecule has 0 bridgehead atoms. The third-order valence-corrected chi connectivity index (χ3v) is 1.86. The number of ether oxygens (including phenoxy) is 2. The fourth-order valence-corrected chi connectivity index (χ4v) is 1.28. The van der Waals surface area contributed by atoms with E-state index in [0.29, 0.717) is 0 Å². The van der Waals surface area contributed by atoms with Crippen molar-refractivity contribution in [1.82, 2.24) is 0 Å². The zero-order valence-electron chi connectivity index (χ0n) is 5.26. The van der Waals surface area contributed by atoms with Gasteiger partial charge in [0.15, 0.2) is 6.29 Å². The van der Waals surface area contributed by atoms with Crippen LogP contribution in [0.5, 0.6) is 0 Å². The summed E-state index contributed by atoms with van der Waals surface area (Å²) in [6.45, 7) is 0.758. The first kappa shape index (κ1) is 7.25. The lowest BCUT2D eigenvalue weighted by Gasteiger charge is -2.18. The zero-order valence-corrected chi connectivity index (χ0v) is 6.85. The Labute approximate surface area is 63.0 Å². The lowest BCUT2D eigenvalue weighted by Crippen LogP contribution is -2.19. The summed E-state index contributed by atoms with van der Waals surface area (Å²) in [6, 6.07) is 0. The molecule has 1 aliphatic heterocycles. The highest BCUT2D eigenvalue weighted by molar-refractivity contribution is 9.11. The summed E-state index contributed by atoms with van der Waals surface area (Å²) in [4.78, 5) is 0. The minimum Gasteiger partial charge on any atom is -0.351 e. The van der Waals surface area contributed by atoms with E-state index in [1.54, 1.807) is 7.11 Å². The highest BCUT2D eigenvalue weighted by atomic mass is 79.9. The van der Waals surface area contributed by atoms with Gasteiger partial charge in [-0.2, -0.15) is 0 Å². The van der Waals surface area contributed by atoms with Crippen molar-refractivity contribution >= 4 is 15.9 Å². The van der Waals surface area contributed by atoms with Gasteiger partial charge in [0.1, 0.15) is 0 Å². The molecular weight excluding hydrogens is 184 g/mol. The van der Waals surface area contributed by atoms with Gasteiger partial charge in [-0.25, -0.2) is 0 Å². The van der Waals surface area contributed by atoms with Crippen LogP contribution in [0.25, 0.3) is 0 Å². The molecule has 0 aromatic carbocycles. The first-order chi connectivity index (χ1) is 4.34. The van der Waals surface area contributed by atoms with E-state index < -0.39 is 0 Å². The molecule has 1 rings (SSSR count). The Morgan fingerprint density at radius 2 is 2.67 bits per heavy atom. The quantitative estimate of drug-likeness (QED) is 0.630. The topological polar surface area (TPSA) is 18.5 Å². The number of hydrogen-bond donors (Lipinski definition) is 0. The van der Waals surface area contributed by atoms with Crippen molar-refractivity contribution in [3.8, 4) is 0 Å². The van der Waals surface area contributed by atoms with Crippen LogP contribution in [0.2, 0.25) is 0 Å². The molecule has 0 aromatic heterocycles. The fourth-order valence-electron chi connectivity index (χ4n) is 0.728. The Bertz CT molecular complexity index is 122. The maximum atomic E-state index is 5.20. The van der Waals surface area contributed by atoms with Crippen molar-refractivity contribution in [3.63, 3.8) is 0 Å². The standard InChI is InChI=1S/C6H9BrO2/c1-8-6-5(7)3-2-4-9-6/h3,6H,2,4H2,1H3/t6-/m0/s1. The number of methoxy groups -OCH3 is 1. The maximum absolute atomic E-state index is 5.20. The molecule has 1 atom stereocenters. The average molecular weight is 193 g/mol. The molecule has 1 heterocycles. The van der Waals surface area contributed by atoms with Crippen molar-refractivity contribution in [2.75, 3.05) is 13.7 Å². The van der Waals surface area contributed by atoms with Crippen molar-refractivity contribution in [1.29, 1.82) is 0 Å². The molecule has 0 aliphatic carbocycles. The van der Waals surface area contributed by atoms with Crippen LogP contribution in [-0.4, -0.2) is 20.0 Å². The summed E-state index contributed by atoms with van der Waals surface area (Å²) in [5.41, 5.74) is 0. The van der Waals surface area contributed by atoms with Crippen LogP contribution in [0.15, 0.2) is 10.6 Å². The van der Waals surface area contributed by atoms with E-state index >= 15 is 0 Å². The van der Waals surface area contributed by atoms with Crippen molar-refractivity contribution < 1.29 is 9.47 Å². The lowest BCUT2D eigenvalue weighted by molar-refractivity contribution is -0.0967. The van der Waals surface area contributed by atoms with Crippen LogP contribution >= 0.6 is 15.9 Å². The summed E-state index contributed by atoms with van der Waals surface area (Å²) in [6.07, 6.45) is 2.87. The second-order valence-corrected chi connectivity index (χ2v) is 2.73. The minimum absolute atomic E-state index is 0.168. The van der Waals surface area contributed by atoms with Gasteiger partial charge < -0.3 is 9.47 Å². The molecule has 9 heavy (non-hydrogen) atoms. The second-order valence-electron chi connectivity index (χ2n) is 1.82. The summed E-state index contributed by atoms with van der Waals surface area (Å²) < 4.78 is 11.2. The third kappa shape index (κ3) is 1.78. The van der Waals surface area contributed by atoms with E-state index in [4.69, 9.17) is 9.47 Å². The molecule has 0 aromatic rings.